The fourth-order valence-electron chi connectivity index (χ4n) is 2.01. The minimum absolute atomic E-state index is 0.00527. The first-order valence-electron chi connectivity index (χ1n) is 8.43. The van der Waals surface area contributed by atoms with Crippen LogP contribution in [0.1, 0.15) is 34.1 Å². The van der Waals surface area contributed by atoms with Crippen LogP contribution in [0, 0.1) is 0 Å². The molecule has 0 aromatic heterocycles. The number of hydrogen-bond donors (Lipinski definition) is 2. The first-order valence-corrected chi connectivity index (χ1v) is 11.7. The van der Waals surface area contributed by atoms with E-state index in [4.69, 9.17) is 13.3 Å². The van der Waals surface area contributed by atoms with Gasteiger partial charge in [-0.1, -0.05) is 0 Å². The van der Waals surface area contributed by atoms with Crippen molar-refractivity contribution in [2.24, 2.45) is 0 Å². The van der Waals surface area contributed by atoms with Crippen LogP contribution in [0.2, 0.25) is 6.04 Å². The second kappa shape index (κ2) is 13.7. The van der Waals surface area contributed by atoms with Crippen LogP contribution in [0.25, 0.3) is 0 Å². The van der Waals surface area contributed by atoms with Crippen LogP contribution in [-0.2, 0) is 22.9 Å². The van der Waals surface area contributed by atoms with Crippen molar-refractivity contribution in [3.63, 3.8) is 0 Å². The van der Waals surface area contributed by atoms with Gasteiger partial charge in [-0.2, -0.15) is 11.8 Å². The van der Waals surface area contributed by atoms with E-state index in [0.717, 1.165) is 0 Å². The number of nitrogens with one attached hydrogen (secondary N) is 2. The van der Waals surface area contributed by atoms with Gasteiger partial charge in [-0.15, -0.1) is 0 Å². The van der Waals surface area contributed by atoms with Gasteiger partial charge in [-0.05, 0) is 40.4 Å². The minimum atomic E-state index is -2.65. The van der Waals surface area contributed by atoms with E-state index in [1.807, 2.05) is 27.0 Å². The molecule has 0 aliphatic rings. The van der Waals surface area contributed by atoms with Crippen molar-refractivity contribution < 1.29 is 22.9 Å². The number of amides is 2. The van der Waals surface area contributed by atoms with Crippen LogP contribution in [0.15, 0.2) is 0 Å². The van der Waals surface area contributed by atoms with Crippen molar-refractivity contribution in [1.29, 1.82) is 0 Å². The molecule has 0 rings (SSSR count). The lowest BCUT2D eigenvalue weighted by atomic mass is 10.4. The molecule has 0 heterocycles. The Balaban J connectivity index is 4.14. The zero-order chi connectivity index (χ0) is 18.4. The molecule has 0 aromatic carbocycles. The second-order valence-electron chi connectivity index (χ2n) is 5.03. The topological polar surface area (TPSA) is 85.9 Å². The molecule has 7 nitrogen and oxygen atoms in total. The van der Waals surface area contributed by atoms with Gasteiger partial charge in [-0.25, -0.2) is 0 Å². The van der Waals surface area contributed by atoms with Gasteiger partial charge in [0.1, 0.15) is 0 Å². The van der Waals surface area contributed by atoms with E-state index in [0.29, 0.717) is 38.8 Å². The third kappa shape index (κ3) is 9.63. The summed E-state index contributed by atoms with van der Waals surface area (Å²) in [5, 5.41) is 5.24. The molecule has 1 atom stereocenters. The van der Waals surface area contributed by atoms with E-state index < -0.39 is 8.80 Å². The standard InChI is InChI=1S/C15H32N2O5SSi/c1-6-20-24(21-7-2,22-8-3)11-9-10-16-14(18)12-17-15(19)13(4)23-5/h13H,6-12H2,1-5H3,(H,16,18)(H,17,19). The van der Waals surface area contributed by atoms with Crippen molar-refractivity contribution in [3.8, 4) is 0 Å². The summed E-state index contributed by atoms with van der Waals surface area (Å²) in [6.07, 6.45) is 2.56. The van der Waals surface area contributed by atoms with Crippen LogP contribution in [0.4, 0.5) is 0 Å². The molecule has 0 saturated carbocycles. The Hall–Kier alpha value is -0.613. The molecule has 9 heteroatoms. The van der Waals surface area contributed by atoms with Crippen LogP contribution in [0.3, 0.4) is 0 Å². The van der Waals surface area contributed by atoms with Crippen molar-refractivity contribution in [1.82, 2.24) is 10.6 Å². The second-order valence-corrected chi connectivity index (χ2v) is 8.94. The van der Waals surface area contributed by atoms with Gasteiger partial charge in [0.2, 0.25) is 11.8 Å². The first kappa shape index (κ1) is 23.4. The summed E-state index contributed by atoms with van der Waals surface area (Å²) in [5.41, 5.74) is 0. The maximum Gasteiger partial charge on any atom is 0.500 e. The van der Waals surface area contributed by atoms with E-state index in [9.17, 15) is 9.59 Å². The molecule has 0 fully saturated rings. The average molecular weight is 381 g/mol. The number of thioether (sulfide) groups is 1. The fraction of sp³-hybridized carbons (Fsp3) is 0.867. The normalized spacial score (nSPS) is 12.7. The van der Waals surface area contributed by atoms with Gasteiger partial charge < -0.3 is 23.9 Å². The Labute approximate surface area is 150 Å². The first-order chi connectivity index (χ1) is 11.4. The molecule has 0 aliphatic carbocycles. The lowest BCUT2D eigenvalue weighted by Crippen LogP contribution is -2.46. The third-order valence-electron chi connectivity index (χ3n) is 3.22. The van der Waals surface area contributed by atoms with E-state index >= 15 is 0 Å². The molecular weight excluding hydrogens is 348 g/mol. The lowest BCUT2D eigenvalue weighted by molar-refractivity contribution is -0.125. The predicted molar refractivity (Wildman–Crippen MR) is 99.1 cm³/mol. The number of carbonyl (C=O) groups is 2. The summed E-state index contributed by atoms with van der Waals surface area (Å²) in [7, 11) is -2.65. The molecular formula is C15H32N2O5SSi. The summed E-state index contributed by atoms with van der Waals surface area (Å²) in [6.45, 7) is 9.66. The third-order valence-corrected chi connectivity index (χ3v) is 7.29. The highest BCUT2D eigenvalue weighted by atomic mass is 32.2. The lowest BCUT2D eigenvalue weighted by Gasteiger charge is -2.28. The molecule has 1 unspecified atom stereocenters. The van der Waals surface area contributed by atoms with Crippen LogP contribution < -0.4 is 10.6 Å². The van der Waals surface area contributed by atoms with E-state index in [-0.39, 0.29) is 23.6 Å². The monoisotopic (exact) mass is 380 g/mol. The van der Waals surface area contributed by atoms with Gasteiger partial charge in [-0.3, -0.25) is 9.59 Å². The molecule has 0 radical (unpaired) electrons. The quantitative estimate of drug-likeness (QED) is 0.350. The molecule has 0 aliphatic heterocycles. The van der Waals surface area contributed by atoms with Gasteiger partial charge in [0.15, 0.2) is 0 Å². The Bertz CT molecular complexity index is 357. The van der Waals surface area contributed by atoms with Gasteiger partial charge in [0.05, 0.1) is 11.8 Å². The van der Waals surface area contributed by atoms with E-state index in [1.165, 1.54) is 11.8 Å². The molecule has 0 bridgehead atoms. The highest BCUT2D eigenvalue weighted by Gasteiger charge is 2.39. The summed E-state index contributed by atoms with van der Waals surface area (Å²) in [6, 6.07) is 0.651. The van der Waals surface area contributed by atoms with Crippen LogP contribution in [0.5, 0.6) is 0 Å². The molecule has 2 amide bonds. The van der Waals surface area contributed by atoms with Gasteiger partial charge in [0.25, 0.3) is 0 Å². The van der Waals surface area contributed by atoms with Crippen molar-refractivity contribution in [2.75, 3.05) is 39.2 Å². The summed E-state index contributed by atoms with van der Waals surface area (Å²) in [4.78, 5) is 23.3. The Morgan fingerprint density at radius 2 is 1.58 bits per heavy atom. The fourth-order valence-corrected chi connectivity index (χ4v) is 4.92. The molecule has 0 saturated heterocycles. The zero-order valence-electron chi connectivity index (χ0n) is 15.5. The Morgan fingerprint density at radius 3 is 2.04 bits per heavy atom. The zero-order valence-corrected chi connectivity index (χ0v) is 17.3. The highest BCUT2D eigenvalue weighted by Crippen LogP contribution is 2.17. The smallest absolute Gasteiger partial charge is 0.374 e. The van der Waals surface area contributed by atoms with Crippen molar-refractivity contribution in [3.05, 3.63) is 0 Å². The van der Waals surface area contributed by atoms with Crippen LogP contribution in [-0.4, -0.2) is 65.0 Å². The molecule has 0 aromatic rings. The molecule has 2 N–H and O–H groups in total. The molecule has 24 heavy (non-hydrogen) atoms. The predicted octanol–water partition coefficient (Wildman–Crippen LogP) is 1.41. The van der Waals surface area contributed by atoms with Gasteiger partial charge in [0, 0.05) is 32.4 Å². The Morgan fingerprint density at radius 1 is 1.04 bits per heavy atom. The minimum Gasteiger partial charge on any atom is -0.374 e. The molecule has 0 spiro atoms. The van der Waals surface area contributed by atoms with E-state index in [1.54, 1.807) is 6.92 Å². The maximum atomic E-state index is 11.7. The summed E-state index contributed by atoms with van der Waals surface area (Å²) >= 11 is 1.44. The number of rotatable bonds is 14. The average Bonchev–Trinajstić information content (AvgIpc) is 2.56. The van der Waals surface area contributed by atoms with Gasteiger partial charge >= 0.3 is 8.80 Å². The Kier molecular flexibility index (Phi) is 13.3. The van der Waals surface area contributed by atoms with Crippen molar-refractivity contribution >= 4 is 32.4 Å². The number of carbonyl (C=O) groups excluding carboxylic acids is 2. The molecule has 142 valence electrons. The number of hydrogen-bond acceptors (Lipinski definition) is 6. The SMILES string of the molecule is CCO[Si](CCCNC(=O)CNC(=O)C(C)SC)(OCC)OCC. The summed E-state index contributed by atoms with van der Waals surface area (Å²) < 4.78 is 17.3. The highest BCUT2D eigenvalue weighted by molar-refractivity contribution is 7.99. The van der Waals surface area contributed by atoms with Crippen LogP contribution >= 0.6 is 11.8 Å². The largest absolute Gasteiger partial charge is 0.500 e. The summed E-state index contributed by atoms with van der Waals surface area (Å²) in [5.74, 6) is -0.332. The van der Waals surface area contributed by atoms with E-state index in [2.05, 4.69) is 10.6 Å². The maximum absolute atomic E-state index is 11.7. The van der Waals surface area contributed by atoms with Crippen molar-refractivity contribution in [2.45, 2.75) is 45.4 Å².